The van der Waals surface area contributed by atoms with Crippen molar-refractivity contribution in [1.29, 1.82) is 0 Å². The lowest BCUT2D eigenvalue weighted by Gasteiger charge is -2.37. The lowest BCUT2D eigenvalue weighted by atomic mass is 10.2. The van der Waals surface area contributed by atoms with Crippen molar-refractivity contribution in [3.8, 4) is 0 Å². The van der Waals surface area contributed by atoms with Gasteiger partial charge >= 0.3 is 0 Å². The van der Waals surface area contributed by atoms with E-state index in [1.807, 2.05) is 6.92 Å². The van der Waals surface area contributed by atoms with E-state index in [9.17, 15) is 0 Å². The minimum atomic E-state index is -1.49. The molecule has 0 spiro atoms. The van der Waals surface area contributed by atoms with Crippen LogP contribution in [0.5, 0.6) is 0 Å². The van der Waals surface area contributed by atoms with Crippen molar-refractivity contribution in [2.24, 2.45) is 5.10 Å². The molecule has 1 aliphatic heterocycles. The first-order valence-corrected chi connectivity index (χ1v) is 11.6. The summed E-state index contributed by atoms with van der Waals surface area (Å²) in [5.41, 5.74) is 3.17. The Kier molecular flexibility index (Phi) is 7.34. The first-order chi connectivity index (χ1) is 9.00. The Morgan fingerprint density at radius 2 is 2.00 bits per heavy atom. The van der Waals surface area contributed by atoms with Crippen LogP contribution in [-0.2, 0) is 4.74 Å². The Morgan fingerprint density at radius 1 is 1.26 bits per heavy atom. The molecule has 112 valence electrons. The fraction of sp³-hybridized carbons (Fsp3) is 0.917. The average Bonchev–Trinajstić information content (AvgIpc) is 2.75. The van der Waals surface area contributed by atoms with Crippen LogP contribution in [0.3, 0.4) is 0 Å². The molecule has 0 bridgehead atoms. The van der Waals surface area contributed by atoms with Crippen LogP contribution in [0.2, 0.25) is 19.6 Å². The Labute approximate surface area is 126 Å². The van der Waals surface area contributed by atoms with Crippen molar-refractivity contribution in [2.75, 3.05) is 18.7 Å². The van der Waals surface area contributed by atoms with Gasteiger partial charge in [-0.05, 0) is 19.8 Å². The summed E-state index contributed by atoms with van der Waals surface area (Å²) in [4.78, 5) is 2.18. The number of unbranched alkanes of at least 4 members (excludes halogenated alkanes) is 2. The zero-order chi connectivity index (χ0) is 14.3. The summed E-state index contributed by atoms with van der Waals surface area (Å²) in [5.74, 6) is 1.10. The van der Waals surface area contributed by atoms with Gasteiger partial charge in [-0.3, -0.25) is 5.01 Å². The third-order valence-corrected chi connectivity index (χ3v) is 5.07. The third-order valence-electron chi connectivity index (χ3n) is 2.90. The predicted molar refractivity (Wildman–Crippen MR) is 86.3 cm³/mol. The molecule has 0 aromatic rings. The minimum absolute atomic E-state index is 0.588. The maximum absolute atomic E-state index is 5.58. The van der Waals surface area contributed by atoms with Crippen molar-refractivity contribution in [3.63, 3.8) is 0 Å². The molecule has 1 aliphatic rings. The maximum Gasteiger partial charge on any atom is 0.173 e. The molecule has 0 aliphatic carbocycles. The first-order valence-electron chi connectivity index (χ1n) is 7.04. The molecular weight excluding hydrogens is 324 g/mol. The van der Waals surface area contributed by atoms with E-state index < -0.39 is 8.24 Å². The van der Waals surface area contributed by atoms with Crippen LogP contribution in [0, 0.1) is 0 Å². The van der Waals surface area contributed by atoms with E-state index in [1.54, 1.807) is 0 Å². The molecule has 1 N–H and O–H groups in total. The highest BCUT2D eigenvalue weighted by molar-refractivity contribution is 9.09. The number of alkyl halides is 1. The van der Waals surface area contributed by atoms with Crippen molar-refractivity contribution >= 4 is 30.0 Å². The van der Waals surface area contributed by atoms with Crippen LogP contribution < -0.4 is 5.53 Å². The summed E-state index contributed by atoms with van der Waals surface area (Å²) in [6.07, 6.45) is 4.64. The largest absolute Gasteiger partial charge is 0.360 e. The van der Waals surface area contributed by atoms with Gasteiger partial charge in [0.1, 0.15) is 12.6 Å². The molecule has 0 aromatic carbocycles. The lowest BCUT2D eigenvalue weighted by Crippen LogP contribution is -2.59. The number of nitrogens with zero attached hydrogens (tertiary/aromatic N) is 3. The Hall–Kier alpha value is -0.113. The molecule has 0 saturated heterocycles. The number of nitrogens with one attached hydrogen (secondary N) is 1. The quantitative estimate of drug-likeness (QED) is 0.394. The number of hydrazine groups is 2. The molecule has 1 heterocycles. The minimum Gasteiger partial charge on any atom is -0.360 e. The Bertz CT molecular complexity index is 296. The lowest BCUT2D eigenvalue weighted by molar-refractivity contribution is -0.0180. The van der Waals surface area contributed by atoms with Gasteiger partial charge in [0.25, 0.3) is 0 Å². The van der Waals surface area contributed by atoms with Crippen molar-refractivity contribution < 1.29 is 4.74 Å². The standard InChI is InChI=1S/C12H27BrN4OSi/c1-5-18-11-16-12(9-7-6-8-10-13)14-15-17(16)19(2,3)4/h15H,5-11H2,1-4H3. The zero-order valence-corrected chi connectivity index (χ0v) is 15.2. The third kappa shape index (κ3) is 5.41. The van der Waals surface area contributed by atoms with Crippen molar-refractivity contribution in [1.82, 2.24) is 15.3 Å². The molecule has 0 fully saturated rings. The molecule has 1 rings (SSSR count). The second-order valence-corrected chi connectivity index (χ2v) is 11.2. The Balaban J connectivity index is 2.53. The number of hydrogen-bond donors (Lipinski definition) is 1. The fourth-order valence-electron chi connectivity index (χ4n) is 1.89. The molecule has 7 heteroatoms. The van der Waals surface area contributed by atoms with Crippen LogP contribution in [0.1, 0.15) is 32.6 Å². The van der Waals surface area contributed by atoms with Gasteiger partial charge in [0.15, 0.2) is 8.24 Å². The highest BCUT2D eigenvalue weighted by Crippen LogP contribution is 2.18. The van der Waals surface area contributed by atoms with Gasteiger partial charge in [-0.15, -0.1) is 9.88 Å². The fourth-order valence-corrected chi connectivity index (χ4v) is 3.54. The number of rotatable bonds is 9. The molecule has 19 heavy (non-hydrogen) atoms. The smallest absolute Gasteiger partial charge is 0.173 e. The van der Waals surface area contributed by atoms with Gasteiger partial charge in [0, 0.05) is 18.4 Å². The van der Waals surface area contributed by atoms with Crippen molar-refractivity contribution in [2.45, 2.75) is 52.2 Å². The van der Waals surface area contributed by atoms with Gasteiger partial charge in [0.05, 0.1) is 0 Å². The van der Waals surface area contributed by atoms with Crippen LogP contribution in [-0.4, -0.2) is 42.5 Å². The Morgan fingerprint density at radius 3 is 2.58 bits per heavy atom. The molecule has 0 aromatic heterocycles. The van der Waals surface area contributed by atoms with Gasteiger partial charge in [-0.2, -0.15) is 0 Å². The summed E-state index contributed by atoms with van der Waals surface area (Å²) in [6.45, 7) is 10.2. The molecular formula is C12H27BrN4OSi. The van der Waals surface area contributed by atoms with Crippen LogP contribution in [0.4, 0.5) is 0 Å². The van der Waals surface area contributed by atoms with Gasteiger partial charge in [0.2, 0.25) is 0 Å². The highest BCUT2D eigenvalue weighted by Gasteiger charge is 2.35. The molecule has 5 nitrogen and oxygen atoms in total. The summed E-state index contributed by atoms with van der Waals surface area (Å²) in [6, 6.07) is 0. The molecule has 0 amide bonds. The number of ether oxygens (including phenoxy) is 1. The summed E-state index contributed by atoms with van der Waals surface area (Å²) >= 11 is 3.47. The molecule has 0 saturated carbocycles. The second-order valence-electron chi connectivity index (χ2n) is 5.63. The number of hydrazone groups is 1. The first kappa shape index (κ1) is 16.9. The van der Waals surface area contributed by atoms with Crippen LogP contribution in [0.15, 0.2) is 5.10 Å². The monoisotopic (exact) mass is 350 g/mol. The van der Waals surface area contributed by atoms with Gasteiger partial charge in [-0.25, -0.2) is 5.53 Å². The topological polar surface area (TPSA) is 40.1 Å². The zero-order valence-electron chi connectivity index (χ0n) is 12.6. The van der Waals surface area contributed by atoms with E-state index in [0.29, 0.717) is 6.73 Å². The molecule has 0 unspecified atom stereocenters. The molecule has 0 atom stereocenters. The number of amidine groups is 1. The highest BCUT2D eigenvalue weighted by atomic mass is 79.9. The number of halogens is 1. The van der Waals surface area contributed by atoms with E-state index in [0.717, 1.165) is 24.2 Å². The predicted octanol–water partition coefficient (Wildman–Crippen LogP) is 3.12. The van der Waals surface area contributed by atoms with E-state index in [1.165, 1.54) is 19.3 Å². The van der Waals surface area contributed by atoms with Crippen LogP contribution >= 0.6 is 15.9 Å². The average molecular weight is 351 g/mol. The normalized spacial score (nSPS) is 16.7. The van der Waals surface area contributed by atoms with E-state index in [-0.39, 0.29) is 0 Å². The summed E-state index contributed by atoms with van der Waals surface area (Å²) in [7, 11) is -1.49. The maximum atomic E-state index is 5.58. The second kappa shape index (κ2) is 8.24. The van der Waals surface area contributed by atoms with E-state index in [2.05, 4.69) is 56.0 Å². The van der Waals surface area contributed by atoms with E-state index >= 15 is 0 Å². The van der Waals surface area contributed by atoms with Gasteiger partial charge in [-0.1, -0.05) is 42.0 Å². The van der Waals surface area contributed by atoms with Crippen molar-refractivity contribution in [3.05, 3.63) is 0 Å². The van der Waals surface area contributed by atoms with Crippen LogP contribution in [0.25, 0.3) is 0 Å². The SMILES string of the molecule is CCOCN1C(CCCCCBr)=NNN1[Si](C)(C)C. The molecule has 0 radical (unpaired) electrons. The number of hydrogen-bond acceptors (Lipinski definition) is 5. The summed E-state index contributed by atoms with van der Waals surface area (Å²) < 4.78 is 5.58. The summed E-state index contributed by atoms with van der Waals surface area (Å²) in [5, 5.41) is 7.73. The van der Waals surface area contributed by atoms with Gasteiger partial charge < -0.3 is 4.74 Å². The van der Waals surface area contributed by atoms with E-state index in [4.69, 9.17) is 4.74 Å².